The van der Waals surface area contributed by atoms with Crippen molar-refractivity contribution in [3.8, 4) is 0 Å². The maximum atomic E-state index is 13.1. The highest BCUT2D eigenvalue weighted by Crippen LogP contribution is 2.28. The smallest absolute Gasteiger partial charge is 0.205 e. The first-order chi connectivity index (χ1) is 10.2. The first-order valence-corrected chi connectivity index (χ1v) is 7.17. The zero-order valence-corrected chi connectivity index (χ0v) is 11.9. The monoisotopic (exact) mass is 279 g/mol. The SMILES string of the molecule is Cn1c2c(c3ccccc31)CC[N+](c1ccc(F)cc1)=C2. The third kappa shape index (κ3) is 1.88. The Morgan fingerprint density at radius 1 is 1.05 bits per heavy atom. The summed E-state index contributed by atoms with van der Waals surface area (Å²) in [6.07, 6.45) is 3.18. The molecular weight excluding hydrogens is 263 g/mol. The summed E-state index contributed by atoms with van der Waals surface area (Å²) in [6.45, 7) is 0.923. The molecule has 0 spiro atoms. The van der Waals surface area contributed by atoms with Gasteiger partial charge in [-0.25, -0.2) is 4.39 Å². The Kier molecular flexibility index (Phi) is 2.67. The van der Waals surface area contributed by atoms with Crippen LogP contribution in [0, 0.1) is 5.82 Å². The van der Waals surface area contributed by atoms with E-state index >= 15 is 0 Å². The summed E-state index contributed by atoms with van der Waals surface area (Å²) in [7, 11) is 2.10. The fraction of sp³-hybridized carbons (Fsp3) is 0.167. The molecule has 3 aromatic rings. The lowest BCUT2D eigenvalue weighted by molar-refractivity contribution is -0.436. The Bertz CT molecular complexity index is 857. The van der Waals surface area contributed by atoms with Gasteiger partial charge in [0.1, 0.15) is 11.5 Å². The number of aromatic nitrogens is 1. The van der Waals surface area contributed by atoms with Gasteiger partial charge in [-0.3, -0.25) is 0 Å². The first kappa shape index (κ1) is 12.3. The second kappa shape index (κ2) is 4.55. The molecule has 2 nitrogen and oxygen atoms in total. The van der Waals surface area contributed by atoms with Gasteiger partial charge in [-0.2, -0.15) is 4.58 Å². The van der Waals surface area contributed by atoms with E-state index in [-0.39, 0.29) is 5.82 Å². The summed E-state index contributed by atoms with van der Waals surface area (Å²) in [6, 6.07) is 15.2. The number of fused-ring (bicyclic) bond motifs is 3. The molecule has 21 heavy (non-hydrogen) atoms. The number of hydrogen-bond acceptors (Lipinski definition) is 0. The van der Waals surface area contributed by atoms with Crippen molar-refractivity contribution in [2.45, 2.75) is 6.42 Å². The van der Waals surface area contributed by atoms with Crippen molar-refractivity contribution < 1.29 is 8.97 Å². The summed E-state index contributed by atoms with van der Waals surface area (Å²) in [5.74, 6) is -0.193. The Hall–Kier alpha value is -2.42. The summed E-state index contributed by atoms with van der Waals surface area (Å²) in [4.78, 5) is 0. The van der Waals surface area contributed by atoms with Gasteiger partial charge in [-0.15, -0.1) is 0 Å². The standard InChI is InChI=1S/C18H16FN2/c1-20-17-5-3-2-4-15(17)16-10-11-21(12-18(16)20)14-8-6-13(19)7-9-14/h2-9,12H,10-11H2,1H3/q+1. The molecule has 3 heteroatoms. The van der Waals surface area contributed by atoms with E-state index in [1.165, 1.54) is 34.3 Å². The third-order valence-electron chi connectivity index (χ3n) is 4.30. The van der Waals surface area contributed by atoms with Gasteiger partial charge in [0.2, 0.25) is 5.69 Å². The molecule has 0 fully saturated rings. The van der Waals surface area contributed by atoms with E-state index in [2.05, 4.69) is 46.7 Å². The van der Waals surface area contributed by atoms with Crippen molar-refractivity contribution >= 4 is 22.8 Å². The number of aryl methyl sites for hydroxylation is 1. The maximum absolute atomic E-state index is 13.1. The Balaban J connectivity index is 1.89. The molecule has 0 radical (unpaired) electrons. The van der Waals surface area contributed by atoms with E-state index in [1.807, 2.05) is 12.1 Å². The van der Waals surface area contributed by atoms with Crippen LogP contribution in [0.4, 0.5) is 10.1 Å². The van der Waals surface area contributed by atoms with Gasteiger partial charge >= 0.3 is 0 Å². The van der Waals surface area contributed by atoms with Gasteiger partial charge in [-0.05, 0) is 23.8 Å². The molecule has 0 amide bonds. The van der Waals surface area contributed by atoms with Crippen molar-refractivity contribution in [3.63, 3.8) is 0 Å². The second-order valence-corrected chi connectivity index (χ2v) is 5.49. The highest BCUT2D eigenvalue weighted by molar-refractivity contribution is 5.94. The maximum Gasteiger partial charge on any atom is 0.205 e. The van der Waals surface area contributed by atoms with Crippen LogP contribution in [-0.2, 0) is 13.5 Å². The predicted octanol–water partition coefficient (Wildman–Crippen LogP) is 3.64. The molecular formula is C18H16FN2+. The highest BCUT2D eigenvalue weighted by Gasteiger charge is 2.23. The van der Waals surface area contributed by atoms with E-state index in [0.717, 1.165) is 18.7 Å². The molecule has 0 N–H and O–H groups in total. The van der Waals surface area contributed by atoms with Gasteiger partial charge in [0.15, 0.2) is 12.8 Å². The minimum absolute atomic E-state index is 0.193. The van der Waals surface area contributed by atoms with E-state index in [9.17, 15) is 4.39 Å². The molecule has 1 aliphatic heterocycles. The van der Waals surface area contributed by atoms with Crippen LogP contribution in [0.1, 0.15) is 11.3 Å². The molecule has 0 bridgehead atoms. The molecule has 0 saturated carbocycles. The van der Waals surface area contributed by atoms with Gasteiger partial charge in [0, 0.05) is 36.5 Å². The van der Waals surface area contributed by atoms with E-state index in [4.69, 9.17) is 0 Å². The van der Waals surface area contributed by atoms with Crippen molar-refractivity contribution in [1.29, 1.82) is 0 Å². The van der Waals surface area contributed by atoms with Crippen LogP contribution in [-0.4, -0.2) is 21.9 Å². The molecule has 0 aliphatic carbocycles. The Labute approximate surface area is 122 Å². The average molecular weight is 279 g/mol. The number of benzene rings is 2. The largest absolute Gasteiger partial charge is 0.339 e. The van der Waals surface area contributed by atoms with Crippen LogP contribution < -0.4 is 0 Å². The van der Waals surface area contributed by atoms with Gasteiger partial charge in [-0.1, -0.05) is 18.2 Å². The quantitative estimate of drug-likeness (QED) is 0.601. The number of rotatable bonds is 1. The van der Waals surface area contributed by atoms with E-state index < -0.39 is 0 Å². The molecule has 1 aromatic heterocycles. The molecule has 0 saturated heterocycles. The van der Waals surface area contributed by atoms with Crippen LogP contribution >= 0.6 is 0 Å². The molecule has 0 atom stereocenters. The molecule has 2 heterocycles. The summed E-state index contributed by atoms with van der Waals surface area (Å²) >= 11 is 0. The third-order valence-corrected chi connectivity index (χ3v) is 4.30. The van der Waals surface area contributed by atoms with Crippen molar-refractivity contribution in [2.75, 3.05) is 6.54 Å². The Morgan fingerprint density at radius 3 is 2.62 bits per heavy atom. The van der Waals surface area contributed by atoms with Crippen molar-refractivity contribution in [3.05, 3.63) is 65.6 Å². The number of para-hydroxylation sites is 1. The number of hydrogen-bond donors (Lipinski definition) is 0. The molecule has 4 rings (SSSR count). The predicted molar refractivity (Wildman–Crippen MR) is 83.0 cm³/mol. The van der Waals surface area contributed by atoms with Crippen LogP contribution in [0.2, 0.25) is 0 Å². The van der Waals surface area contributed by atoms with Gasteiger partial charge in [0.05, 0.1) is 0 Å². The van der Waals surface area contributed by atoms with Crippen LogP contribution in [0.3, 0.4) is 0 Å². The molecule has 1 aliphatic rings. The molecule has 2 aromatic carbocycles. The lowest BCUT2D eigenvalue weighted by atomic mass is 10.1. The fourth-order valence-corrected chi connectivity index (χ4v) is 3.20. The van der Waals surface area contributed by atoms with Crippen LogP contribution in [0.15, 0.2) is 48.5 Å². The second-order valence-electron chi connectivity index (χ2n) is 5.49. The number of nitrogens with zero attached hydrogens (tertiary/aromatic N) is 2. The first-order valence-electron chi connectivity index (χ1n) is 7.17. The van der Waals surface area contributed by atoms with Crippen LogP contribution in [0.5, 0.6) is 0 Å². The minimum Gasteiger partial charge on any atom is -0.339 e. The van der Waals surface area contributed by atoms with Crippen LogP contribution in [0.25, 0.3) is 10.9 Å². The zero-order valence-electron chi connectivity index (χ0n) is 11.9. The molecule has 104 valence electrons. The van der Waals surface area contributed by atoms with E-state index in [1.54, 1.807) is 0 Å². The van der Waals surface area contributed by atoms with Gasteiger partial charge in [0.25, 0.3) is 0 Å². The lowest BCUT2D eigenvalue weighted by Crippen LogP contribution is -2.19. The lowest BCUT2D eigenvalue weighted by Gasteiger charge is -2.10. The van der Waals surface area contributed by atoms with Crippen molar-refractivity contribution in [2.24, 2.45) is 7.05 Å². The highest BCUT2D eigenvalue weighted by atomic mass is 19.1. The summed E-state index contributed by atoms with van der Waals surface area (Å²) in [5, 5.41) is 1.34. The average Bonchev–Trinajstić information content (AvgIpc) is 2.81. The number of halogens is 1. The van der Waals surface area contributed by atoms with Crippen molar-refractivity contribution in [1.82, 2.24) is 4.57 Å². The summed E-state index contributed by atoms with van der Waals surface area (Å²) < 4.78 is 17.5. The normalized spacial score (nSPS) is 14.1. The summed E-state index contributed by atoms with van der Waals surface area (Å²) in [5.41, 5.74) is 4.95. The zero-order chi connectivity index (χ0) is 14.4. The topological polar surface area (TPSA) is 7.94 Å². The fourth-order valence-electron chi connectivity index (χ4n) is 3.20. The van der Waals surface area contributed by atoms with E-state index in [0.29, 0.717) is 0 Å². The minimum atomic E-state index is -0.193. The van der Waals surface area contributed by atoms with Gasteiger partial charge < -0.3 is 4.57 Å². The molecule has 0 unspecified atom stereocenters. The Morgan fingerprint density at radius 2 is 1.81 bits per heavy atom.